The topological polar surface area (TPSA) is 100 Å². The van der Waals surface area contributed by atoms with E-state index in [4.69, 9.17) is 4.42 Å². The minimum absolute atomic E-state index is 0.0365. The van der Waals surface area contributed by atoms with Gasteiger partial charge in [-0.15, -0.1) is 0 Å². The molecule has 0 unspecified atom stereocenters. The number of hydrogen-bond acceptors (Lipinski definition) is 5. The summed E-state index contributed by atoms with van der Waals surface area (Å²) >= 11 is 0. The molecule has 1 amide bonds. The molecule has 2 aromatic carbocycles. The highest BCUT2D eigenvalue weighted by atomic mass is 16.4. The molecular formula is C23H24N4O3. The van der Waals surface area contributed by atoms with Crippen molar-refractivity contribution in [2.45, 2.75) is 31.2 Å². The van der Waals surface area contributed by atoms with Crippen molar-refractivity contribution in [1.82, 2.24) is 15.2 Å². The summed E-state index contributed by atoms with van der Waals surface area (Å²) in [6, 6.07) is 15.4. The van der Waals surface area contributed by atoms with E-state index in [9.17, 15) is 14.9 Å². The highest BCUT2D eigenvalue weighted by Gasteiger charge is 2.21. The first-order chi connectivity index (χ1) is 14.6. The molecule has 0 saturated carbocycles. The number of piperidine rings is 1. The van der Waals surface area contributed by atoms with Crippen LogP contribution in [-0.2, 0) is 11.8 Å². The Hall–Kier alpha value is -3.37. The molecule has 1 saturated heterocycles. The van der Waals surface area contributed by atoms with Crippen LogP contribution in [0.25, 0.3) is 22.2 Å². The van der Waals surface area contributed by atoms with Gasteiger partial charge in [0, 0.05) is 13.6 Å². The summed E-state index contributed by atoms with van der Waals surface area (Å²) in [7, 11) is 1.68. The summed E-state index contributed by atoms with van der Waals surface area (Å²) in [5, 5.41) is 15.7. The van der Waals surface area contributed by atoms with Crippen LogP contribution in [0.1, 0.15) is 30.7 Å². The molecule has 2 heterocycles. The number of nitrogens with zero attached hydrogens (tertiary/aromatic N) is 2. The number of rotatable bonds is 5. The number of oxazole rings is 1. The summed E-state index contributed by atoms with van der Waals surface area (Å²) in [4.78, 5) is 24.0. The first-order valence-electron chi connectivity index (χ1n) is 10.2. The van der Waals surface area contributed by atoms with E-state index in [0.29, 0.717) is 5.58 Å². The largest absolute Gasteiger partial charge is 0.419 e. The van der Waals surface area contributed by atoms with Gasteiger partial charge in [-0.25, -0.2) is 4.79 Å². The predicted molar refractivity (Wildman–Crippen MR) is 114 cm³/mol. The van der Waals surface area contributed by atoms with Crippen molar-refractivity contribution >= 4 is 17.0 Å². The van der Waals surface area contributed by atoms with Gasteiger partial charge in [0.1, 0.15) is 0 Å². The van der Waals surface area contributed by atoms with Crippen molar-refractivity contribution in [3.8, 4) is 17.2 Å². The molecule has 0 spiro atoms. The van der Waals surface area contributed by atoms with Crippen LogP contribution >= 0.6 is 0 Å². The van der Waals surface area contributed by atoms with Crippen LogP contribution in [0.5, 0.6) is 0 Å². The van der Waals surface area contributed by atoms with Crippen molar-refractivity contribution in [1.29, 1.82) is 5.26 Å². The fourth-order valence-electron chi connectivity index (χ4n) is 3.85. The molecule has 1 fully saturated rings. The second kappa shape index (κ2) is 8.56. The second-order valence-corrected chi connectivity index (χ2v) is 7.66. The molecule has 0 radical (unpaired) electrons. The van der Waals surface area contributed by atoms with E-state index >= 15 is 0 Å². The number of nitrogens with one attached hydrogen (secondary N) is 2. The lowest BCUT2D eigenvalue weighted by molar-refractivity contribution is -0.123. The van der Waals surface area contributed by atoms with Crippen molar-refractivity contribution in [2.75, 3.05) is 13.1 Å². The van der Waals surface area contributed by atoms with Gasteiger partial charge in [0.25, 0.3) is 0 Å². The van der Waals surface area contributed by atoms with Crippen LogP contribution in [0.2, 0.25) is 0 Å². The maximum Gasteiger partial charge on any atom is 0.419 e. The first kappa shape index (κ1) is 19.9. The molecule has 154 valence electrons. The fraction of sp³-hybridized carbons (Fsp3) is 0.348. The van der Waals surface area contributed by atoms with Gasteiger partial charge in [0.15, 0.2) is 5.58 Å². The van der Waals surface area contributed by atoms with Crippen molar-refractivity contribution in [3.63, 3.8) is 0 Å². The molecule has 1 aliphatic heterocycles. The SMILES string of the molecule is Cn1c(=O)oc2ccc(-c3ccc([C@@H](C#N)CNC(=O)[C@@H]4CCCCN4)cc3)cc21. The van der Waals surface area contributed by atoms with Crippen molar-refractivity contribution in [2.24, 2.45) is 7.05 Å². The van der Waals surface area contributed by atoms with Gasteiger partial charge in [-0.1, -0.05) is 36.8 Å². The van der Waals surface area contributed by atoms with Crippen LogP contribution in [0.15, 0.2) is 51.7 Å². The van der Waals surface area contributed by atoms with E-state index in [2.05, 4.69) is 16.7 Å². The molecule has 0 aliphatic carbocycles. The number of benzene rings is 2. The lowest BCUT2D eigenvalue weighted by atomic mass is 9.96. The van der Waals surface area contributed by atoms with Gasteiger partial charge < -0.3 is 15.1 Å². The van der Waals surface area contributed by atoms with Crippen molar-refractivity contribution in [3.05, 3.63) is 58.6 Å². The van der Waals surface area contributed by atoms with Crippen LogP contribution < -0.4 is 16.4 Å². The van der Waals surface area contributed by atoms with Crippen LogP contribution in [0, 0.1) is 11.3 Å². The molecule has 4 rings (SSSR count). The third-order valence-corrected chi connectivity index (χ3v) is 5.70. The number of hydrogen-bond donors (Lipinski definition) is 2. The number of aromatic nitrogens is 1. The van der Waals surface area contributed by atoms with Crippen molar-refractivity contribution < 1.29 is 9.21 Å². The monoisotopic (exact) mass is 404 g/mol. The average Bonchev–Trinajstić information content (AvgIpc) is 3.08. The quantitative estimate of drug-likeness (QED) is 0.681. The summed E-state index contributed by atoms with van der Waals surface area (Å²) in [5.74, 6) is -0.839. The molecule has 30 heavy (non-hydrogen) atoms. The number of amides is 1. The van der Waals surface area contributed by atoms with Gasteiger partial charge in [0.2, 0.25) is 5.91 Å². The third-order valence-electron chi connectivity index (χ3n) is 5.70. The Morgan fingerprint density at radius 3 is 2.73 bits per heavy atom. The summed E-state index contributed by atoms with van der Waals surface area (Å²) in [6.07, 6.45) is 2.98. The summed E-state index contributed by atoms with van der Waals surface area (Å²) in [5.41, 5.74) is 4.07. The Balaban J connectivity index is 1.46. The number of aryl methyl sites for hydroxylation is 1. The number of nitriles is 1. The van der Waals surface area contributed by atoms with E-state index < -0.39 is 5.92 Å². The van der Waals surface area contributed by atoms with E-state index in [1.807, 2.05) is 36.4 Å². The molecule has 0 bridgehead atoms. The zero-order valence-electron chi connectivity index (χ0n) is 16.9. The van der Waals surface area contributed by atoms with E-state index in [1.54, 1.807) is 13.1 Å². The van der Waals surface area contributed by atoms with Crippen LogP contribution in [0.3, 0.4) is 0 Å². The van der Waals surface area contributed by atoms with Gasteiger partial charge in [-0.05, 0) is 48.2 Å². The molecule has 1 aliphatic rings. The molecule has 2 atom stereocenters. The third kappa shape index (κ3) is 4.00. The molecule has 7 nitrogen and oxygen atoms in total. The lowest BCUT2D eigenvalue weighted by Crippen LogP contribution is -2.47. The smallest absolute Gasteiger partial charge is 0.408 e. The minimum atomic E-state index is -0.413. The zero-order chi connectivity index (χ0) is 21.1. The Morgan fingerprint density at radius 2 is 2.03 bits per heavy atom. The Morgan fingerprint density at radius 1 is 1.27 bits per heavy atom. The Labute approximate surface area is 174 Å². The highest BCUT2D eigenvalue weighted by molar-refractivity contribution is 5.82. The molecular weight excluding hydrogens is 380 g/mol. The molecule has 7 heteroatoms. The molecule has 3 aromatic rings. The summed E-state index contributed by atoms with van der Waals surface area (Å²) < 4.78 is 6.65. The normalized spacial score (nSPS) is 17.4. The zero-order valence-corrected chi connectivity index (χ0v) is 16.9. The number of carbonyl (C=O) groups excluding carboxylic acids is 1. The Bertz CT molecular complexity index is 1150. The summed E-state index contributed by atoms with van der Waals surface area (Å²) in [6.45, 7) is 1.15. The molecule has 1 aromatic heterocycles. The first-order valence-corrected chi connectivity index (χ1v) is 10.2. The van der Waals surface area contributed by atoms with Gasteiger partial charge in [-0.3, -0.25) is 9.36 Å². The van der Waals surface area contributed by atoms with Gasteiger partial charge in [-0.2, -0.15) is 5.26 Å². The second-order valence-electron chi connectivity index (χ2n) is 7.66. The predicted octanol–water partition coefficient (Wildman–Crippen LogP) is 2.66. The van der Waals surface area contributed by atoms with Crippen LogP contribution in [-0.4, -0.2) is 29.6 Å². The average molecular weight is 404 g/mol. The van der Waals surface area contributed by atoms with E-state index in [0.717, 1.165) is 48.0 Å². The number of fused-ring (bicyclic) bond motifs is 1. The number of carbonyl (C=O) groups is 1. The highest BCUT2D eigenvalue weighted by Crippen LogP contribution is 2.26. The minimum Gasteiger partial charge on any atom is -0.408 e. The van der Waals surface area contributed by atoms with Gasteiger partial charge >= 0.3 is 5.76 Å². The fourth-order valence-corrected chi connectivity index (χ4v) is 3.85. The van der Waals surface area contributed by atoms with Gasteiger partial charge in [0.05, 0.1) is 23.5 Å². The maximum absolute atomic E-state index is 12.3. The standard InChI is InChI=1S/C23H24N4O3/c1-27-20-12-17(9-10-21(20)30-23(27)29)15-5-7-16(8-6-15)18(13-24)14-26-22(28)19-4-2-3-11-25-19/h5-10,12,18-19,25H,2-4,11,14H2,1H3,(H,26,28)/t18-,19-/m0/s1. The van der Waals surface area contributed by atoms with Crippen LogP contribution in [0.4, 0.5) is 0 Å². The Kier molecular flexibility index (Phi) is 5.68. The molecule has 2 N–H and O–H groups in total. The van der Waals surface area contributed by atoms with E-state index in [-0.39, 0.29) is 24.2 Å². The maximum atomic E-state index is 12.3. The lowest BCUT2D eigenvalue weighted by Gasteiger charge is -2.23. The van der Waals surface area contributed by atoms with E-state index in [1.165, 1.54) is 4.57 Å².